The van der Waals surface area contributed by atoms with Gasteiger partial charge < -0.3 is 41.1 Å². The van der Waals surface area contributed by atoms with Crippen LogP contribution in [0, 0.1) is 0 Å². The number of hydrogen-bond acceptors (Lipinski definition) is 16. The molecular formula is C24H23N7O14S2. The summed E-state index contributed by atoms with van der Waals surface area (Å²) in [6.07, 6.45) is 2.23. The van der Waals surface area contributed by atoms with Crippen LogP contribution in [0.25, 0.3) is 0 Å². The summed E-state index contributed by atoms with van der Waals surface area (Å²) >= 11 is 0.925. The highest BCUT2D eigenvalue weighted by Crippen LogP contribution is 2.41. The summed E-state index contributed by atoms with van der Waals surface area (Å²) in [5.74, 6) is -8.40. The number of aliphatic carboxylic acids is 2. The molecule has 3 atom stereocenters. The average molecular weight is 698 g/mol. The van der Waals surface area contributed by atoms with Crippen LogP contribution < -0.4 is 11.1 Å². The topological polar surface area (TPSA) is 301 Å². The number of hydroxylamine groups is 2. The van der Waals surface area contributed by atoms with E-state index in [1.54, 1.807) is 0 Å². The molecule has 0 aromatic carbocycles. The van der Waals surface area contributed by atoms with Crippen molar-refractivity contribution in [2.75, 3.05) is 12.3 Å². The number of carboxylic acid groups (broad SMARTS) is 2. The van der Waals surface area contributed by atoms with E-state index in [0.29, 0.717) is 21.2 Å². The van der Waals surface area contributed by atoms with Crippen molar-refractivity contribution >= 4 is 62.1 Å². The van der Waals surface area contributed by atoms with Crippen molar-refractivity contribution in [2.45, 2.75) is 49.1 Å². The number of oxime groups is 1. The highest BCUT2D eigenvalue weighted by Gasteiger charge is 2.65. The van der Waals surface area contributed by atoms with Crippen molar-refractivity contribution in [3.63, 3.8) is 0 Å². The second kappa shape index (κ2) is 10.8. The van der Waals surface area contributed by atoms with Gasteiger partial charge in [0, 0.05) is 30.5 Å². The van der Waals surface area contributed by atoms with Gasteiger partial charge in [-0.2, -0.15) is 13.5 Å². The number of amides is 2. The zero-order valence-electron chi connectivity index (χ0n) is 23.5. The van der Waals surface area contributed by atoms with Crippen LogP contribution in [0.1, 0.15) is 31.4 Å². The second-order valence-electron chi connectivity index (χ2n) is 10.7. The monoisotopic (exact) mass is 697 g/mol. The Bertz CT molecular complexity index is 1850. The van der Waals surface area contributed by atoms with Crippen LogP contribution in [0.3, 0.4) is 0 Å². The predicted octanol–water partition coefficient (Wildman–Crippen LogP) is -1.63. The van der Waals surface area contributed by atoms with E-state index in [0.717, 1.165) is 23.6 Å². The summed E-state index contributed by atoms with van der Waals surface area (Å²) in [6, 6.07) is -3.47. The summed E-state index contributed by atoms with van der Waals surface area (Å²) in [6.45, 7) is -0.678. The lowest BCUT2D eigenvalue weighted by molar-refractivity contribution is -0.256. The number of anilines is 1. The van der Waals surface area contributed by atoms with Gasteiger partial charge in [-0.15, -0.1) is 11.3 Å². The quantitative estimate of drug-likeness (QED) is 0.0958. The normalized spacial score (nSPS) is 27.7. The van der Waals surface area contributed by atoms with Crippen molar-refractivity contribution in [3.05, 3.63) is 46.8 Å². The zero-order valence-corrected chi connectivity index (χ0v) is 25.1. The summed E-state index contributed by atoms with van der Waals surface area (Å²) in [5.41, 5.74) is 0.220. The maximum atomic E-state index is 13.4. The first-order chi connectivity index (χ1) is 22.1. The molecule has 3 fully saturated rings. The molecule has 5 heterocycles. The predicted molar refractivity (Wildman–Crippen MR) is 150 cm³/mol. The number of aromatic nitrogens is 1. The number of nitrogens with zero attached hydrogens (tertiary/aromatic N) is 5. The molecule has 4 aliphatic heterocycles. The van der Waals surface area contributed by atoms with Crippen molar-refractivity contribution in [3.8, 4) is 0 Å². The van der Waals surface area contributed by atoms with Gasteiger partial charge in [0.05, 0.1) is 18.3 Å². The van der Waals surface area contributed by atoms with Gasteiger partial charge in [-0.05, 0) is 6.42 Å². The number of carbonyl (C=O) groups is 5. The molecule has 1 saturated carbocycles. The number of rotatable bonds is 9. The highest BCUT2D eigenvalue weighted by molar-refractivity contribution is 7.87. The standard InChI is InChI=1S/C24H23N7O14S2/c25-22-27-12(9-46-22)16(28-45-23(20(37)38)2-1-3-23)17(34)26-11-8-43-31(18(11)35)24(21(39)40)5-13(19(36)44-24)30-6-10-4-14(32)15(33)7-29(10)47(30,41)42/h4,6-7,9,11,13,32-33H,1-3,5,8H2,(H2,25,27)(H,26,34)(H,37,38)(H,39,40)/b28-16-/t11-,13?,24?/m0/s1. The number of allylic oxidation sites excluding steroid dienone is 1. The van der Waals surface area contributed by atoms with Crippen molar-refractivity contribution in [1.82, 2.24) is 24.0 Å². The van der Waals surface area contributed by atoms with Crippen LogP contribution in [-0.4, -0.2) is 113 Å². The first-order valence-corrected chi connectivity index (χ1v) is 15.7. The van der Waals surface area contributed by atoms with E-state index in [1.807, 2.05) is 0 Å². The molecule has 1 aromatic rings. The largest absolute Gasteiger partial charge is 0.504 e. The fourth-order valence-electron chi connectivity index (χ4n) is 5.14. The molecule has 1 aromatic heterocycles. The van der Waals surface area contributed by atoms with Crippen molar-refractivity contribution in [2.24, 2.45) is 5.16 Å². The van der Waals surface area contributed by atoms with Crippen molar-refractivity contribution in [1.29, 1.82) is 0 Å². The highest BCUT2D eigenvalue weighted by atomic mass is 32.2. The van der Waals surface area contributed by atoms with Gasteiger partial charge in [-0.1, -0.05) is 5.16 Å². The number of thiazole rings is 1. The summed E-state index contributed by atoms with van der Waals surface area (Å²) in [7, 11) is -4.64. The zero-order chi connectivity index (χ0) is 34.1. The van der Waals surface area contributed by atoms with Gasteiger partial charge in [-0.25, -0.2) is 28.0 Å². The first-order valence-electron chi connectivity index (χ1n) is 13.4. The third-order valence-corrected chi connectivity index (χ3v) is 10.2. The van der Waals surface area contributed by atoms with Gasteiger partial charge >= 0.3 is 33.8 Å². The number of aliphatic hydroxyl groups is 2. The SMILES string of the molecule is Nc1nc(/C(=N/OC2(C(=O)O)CCC2)C(=O)N[C@H]2CON(C3(C(=O)O)CC(N4C=C5C=C(O)C(O)=CN5S4(=O)=O)C(=O)O3)C2=O)cs1. The molecule has 21 nitrogen and oxygen atoms in total. The van der Waals surface area contributed by atoms with Gasteiger partial charge in [0.2, 0.25) is 5.60 Å². The molecule has 2 unspecified atom stereocenters. The molecule has 6 rings (SSSR count). The maximum absolute atomic E-state index is 13.4. The molecule has 47 heavy (non-hydrogen) atoms. The average Bonchev–Trinajstić information content (AvgIpc) is 3.71. The lowest BCUT2D eigenvalue weighted by Crippen LogP contribution is -2.57. The van der Waals surface area contributed by atoms with Crippen LogP contribution in [0.4, 0.5) is 5.13 Å². The third-order valence-electron chi connectivity index (χ3n) is 7.81. The minimum absolute atomic E-state index is 0.0249. The number of carbonyl (C=O) groups excluding carboxylic acids is 3. The summed E-state index contributed by atoms with van der Waals surface area (Å²) in [4.78, 5) is 78.4. The smallest absolute Gasteiger partial charge is 0.372 e. The molecule has 2 amide bonds. The number of nitrogens with two attached hydrogens (primary N) is 1. The number of aliphatic hydroxyl groups excluding tert-OH is 2. The Morgan fingerprint density at radius 3 is 2.47 bits per heavy atom. The van der Waals surface area contributed by atoms with E-state index in [1.165, 1.54) is 5.38 Å². The summed E-state index contributed by atoms with van der Waals surface area (Å²) < 4.78 is 32.4. The van der Waals surface area contributed by atoms with Crippen LogP contribution in [-0.2, 0) is 48.6 Å². The Hall–Kier alpha value is -5.42. The van der Waals surface area contributed by atoms with Gasteiger partial charge in [0.15, 0.2) is 22.4 Å². The van der Waals surface area contributed by atoms with Crippen LogP contribution in [0.5, 0.6) is 0 Å². The van der Waals surface area contributed by atoms with E-state index < -0.39 is 93.6 Å². The Kier molecular flexibility index (Phi) is 7.28. The fourth-order valence-corrected chi connectivity index (χ4v) is 7.22. The molecule has 23 heteroatoms. The van der Waals surface area contributed by atoms with E-state index in [-0.39, 0.29) is 34.4 Å². The molecule has 1 aliphatic carbocycles. The lowest BCUT2D eigenvalue weighted by atomic mass is 9.80. The van der Waals surface area contributed by atoms with Gasteiger partial charge in [-0.3, -0.25) is 14.4 Å². The van der Waals surface area contributed by atoms with Crippen LogP contribution >= 0.6 is 11.3 Å². The molecule has 0 bridgehead atoms. The molecular weight excluding hydrogens is 674 g/mol. The number of esters is 1. The van der Waals surface area contributed by atoms with E-state index in [4.69, 9.17) is 20.1 Å². The number of cyclic esters (lactones) is 1. The maximum Gasteiger partial charge on any atom is 0.372 e. The van der Waals surface area contributed by atoms with E-state index in [2.05, 4.69) is 15.5 Å². The van der Waals surface area contributed by atoms with E-state index in [9.17, 15) is 52.8 Å². The lowest BCUT2D eigenvalue weighted by Gasteiger charge is -2.34. The van der Waals surface area contributed by atoms with Crippen LogP contribution in [0.2, 0.25) is 0 Å². The van der Waals surface area contributed by atoms with Gasteiger partial charge in [0.1, 0.15) is 24.4 Å². The number of nitrogen functional groups attached to an aromatic ring is 1. The molecule has 0 radical (unpaired) electrons. The number of nitrogens with one attached hydrogen (secondary N) is 1. The number of ether oxygens (including phenoxy) is 1. The third kappa shape index (κ3) is 4.94. The molecule has 250 valence electrons. The number of hydrogen-bond donors (Lipinski definition) is 6. The Morgan fingerprint density at radius 1 is 1.15 bits per heavy atom. The molecule has 0 spiro atoms. The molecule has 7 N–H and O–H groups in total. The van der Waals surface area contributed by atoms with Crippen LogP contribution in [0.15, 0.2) is 46.2 Å². The van der Waals surface area contributed by atoms with E-state index >= 15 is 0 Å². The fraction of sp³-hybridized carbons (Fsp3) is 0.375. The van der Waals surface area contributed by atoms with Gasteiger partial charge in [0.25, 0.3) is 11.8 Å². The second-order valence-corrected chi connectivity index (χ2v) is 13.3. The Balaban J connectivity index is 1.22. The Labute approximate surface area is 266 Å². The minimum Gasteiger partial charge on any atom is -0.504 e. The molecule has 5 aliphatic rings. The number of carboxylic acids is 2. The van der Waals surface area contributed by atoms with Crippen molar-refractivity contribution < 1.29 is 67.2 Å². The Morgan fingerprint density at radius 2 is 1.87 bits per heavy atom. The molecule has 2 saturated heterocycles. The summed E-state index contributed by atoms with van der Waals surface area (Å²) in [5, 5.41) is 46.7. The first kappa shape index (κ1) is 31.6. The minimum atomic E-state index is -4.64. The number of fused-ring (bicyclic) bond motifs is 1.